The first-order valence-corrected chi connectivity index (χ1v) is 12.0. The molecule has 188 valence electrons. The molecule has 2 N–H and O–H groups in total. The number of carbonyl (C=O) groups excluding carboxylic acids is 2. The predicted octanol–water partition coefficient (Wildman–Crippen LogP) is 3.25. The largest absolute Gasteiger partial charge is 0.489 e. The molecule has 2 aliphatic rings. The number of aryl methyl sites for hydroxylation is 1. The summed E-state index contributed by atoms with van der Waals surface area (Å²) < 4.78 is 5.84. The maximum absolute atomic E-state index is 12.8. The van der Waals surface area contributed by atoms with E-state index < -0.39 is 18.2 Å². The van der Waals surface area contributed by atoms with Gasteiger partial charge in [-0.3, -0.25) is 10.1 Å². The van der Waals surface area contributed by atoms with Crippen molar-refractivity contribution in [2.24, 2.45) is 10.1 Å². The van der Waals surface area contributed by atoms with Gasteiger partial charge in [-0.15, -0.1) is 0 Å². The van der Waals surface area contributed by atoms with Crippen LogP contribution >= 0.6 is 0 Å². The maximum atomic E-state index is 12.8. The number of benzene rings is 3. The van der Waals surface area contributed by atoms with Crippen molar-refractivity contribution in [2.75, 3.05) is 7.05 Å². The van der Waals surface area contributed by atoms with Gasteiger partial charge in [0.1, 0.15) is 12.4 Å². The molecule has 9 heteroatoms. The third-order valence-corrected chi connectivity index (χ3v) is 6.34. The van der Waals surface area contributed by atoms with Gasteiger partial charge in [0.15, 0.2) is 12.2 Å². The minimum atomic E-state index is -0.650. The highest BCUT2D eigenvalue weighted by Gasteiger charge is 2.48. The smallest absolute Gasteiger partial charge is 0.325 e. The van der Waals surface area contributed by atoms with Gasteiger partial charge in [0.05, 0.1) is 6.21 Å². The van der Waals surface area contributed by atoms with Crippen molar-refractivity contribution >= 4 is 24.1 Å². The summed E-state index contributed by atoms with van der Waals surface area (Å²) in [6.45, 7) is 2.96. The van der Waals surface area contributed by atoms with Crippen molar-refractivity contribution < 1.29 is 14.3 Å². The lowest BCUT2D eigenvalue weighted by Gasteiger charge is -2.36. The molecule has 5 rings (SSSR count). The summed E-state index contributed by atoms with van der Waals surface area (Å²) in [7, 11) is 1.63. The highest BCUT2D eigenvalue weighted by atomic mass is 16.5. The summed E-state index contributed by atoms with van der Waals surface area (Å²) in [6.07, 6.45) is 1.04. The molecule has 1 fully saturated rings. The van der Waals surface area contributed by atoms with Crippen LogP contribution in [0.1, 0.15) is 22.3 Å². The standard InChI is InChI=1S/C28H28N6O3/c1-19-8-10-21(11-9-19)17-34-24-25(33(2)28(36)31-26(24)35)30-27(34)32-29-16-20-12-14-23(15-13-20)37-18-22-6-4-3-5-7-22/h3-16,24-25H,17-18H2,1-2H3,(H,30,32)(H,31,35,36)/b29-16+. The Bertz CT molecular complexity index is 1320. The Balaban J connectivity index is 1.27. The fourth-order valence-corrected chi connectivity index (χ4v) is 4.24. The minimum Gasteiger partial charge on any atom is -0.489 e. The Morgan fingerprint density at radius 2 is 1.73 bits per heavy atom. The van der Waals surface area contributed by atoms with Gasteiger partial charge in [-0.25, -0.2) is 15.2 Å². The molecule has 0 radical (unpaired) electrons. The van der Waals surface area contributed by atoms with Crippen LogP contribution in [0.4, 0.5) is 4.79 Å². The lowest BCUT2D eigenvalue weighted by atomic mass is 10.1. The molecule has 0 aliphatic carbocycles. The van der Waals surface area contributed by atoms with E-state index in [9.17, 15) is 9.59 Å². The van der Waals surface area contributed by atoms with E-state index in [4.69, 9.17) is 4.74 Å². The van der Waals surface area contributed by atoms with E-state index >= 15 is 0 Å². The number of rotatable bonds is 7. The van der Waals surface area contributed by atoms with Gasteiger partial charge in [-0.1, -0.05) is 60.2 Å². The molecule has 2 atom stereocenters. The molecule has 0 aromatic heterocycles. The van der Waals surface area contributed by atoms with Gasteiger partial charge in [-0.2, -0.15) is 5.10 Å². The Labute approximate surface area is 215 Å². The van der Waals surface area contributed by atoms with Gasteiger partial charge in [0.25, 0.3) is 5.91 Å². The number of urea groups is 1. The molecule has 2 aliphatic heterocycles. The van der Waals surface area contributed by atoms with Crippen LogP contribution in [0.2, 0.25) is 0 Å². The van der Waals surface area contributed by atoms with Crippen LogP contribution < -0.4 is 15.5 Å². The second kappa shape index (κ2) is 10.5. The van der Waals surface area contributed by atoms with Crippen molar-refractivity contribution in [1.29, 1.82) is 0 Å². The molecule has 2 heterocycles. The van der Waals surface area contributed by atoms with E-state index in [1.165, 1.54) is 4.90 Å². The minimum absolute atomic E-state index is 0.379. The summed E-state index contributed by atoms with van der Waals surface area (Å²) in [4.78, 5) is 32.8. The number of nitrogens with zero attached hydrogens (tertiary/aromatic N) is 4. The number of likely N-dealkylation sites (N-methyl/N-ethyl adjacent to an activating group) is 1. The van der Waals surface area contributed by atoms with Crippen LogP contribution in [0.3, 0.4) is 0 Å². The summed E-state index contributed by atoms with van der Waals surface area (Å²) in [5.41, 5.74) is 7.12. The van der Waals surface area contributed by atoms with Crippen molar-refractivity contribution in [1.82, 2.24) is 20.5 Å². The molecule has 37 heavy (non-hydrogen) atoms. The van der Waals surface area contributed by atoms with E-state index in [-0.39, 0.29) is 5.91 Å². The number of aliphatic imine (C=N–C) groups is 1. The van der Waals surface area contributed by atoms with Crippen molar-refractivity contribution in [3.05, 3.63) is 101 Å². The van der Waals surface area contributed by atoms with Crippen LogP contribution in [-0.4, -0.2) is 53.2 Å². The lowest BCUT2D eigenvalue weighted by Crippen LogP contribution is -2.63. The van der Waals surface area contributed by atoms with Crippen LogP contribution in [-0.2, 0) is 17.9 Å². The lowest BCUT2D eigenvalue weighted by molar-refractivity contribution is -0.127. The number of guanidine groups is 1. The third-order valence-electron chi connectivity index (χ3n) is 6.34. The molecule has 2 unspecified atom stereocenters. The number of ether oxygens (including phenoxy) is 1. The number of fused-ring (bicyclic) bond motifs is 1. The highest BCUT2D eigenvalue weighted by molar-refractivity contribution is 6.03. The number of carbonyl (C=O) groups is 2. The van der Waals surface area contributed by atoms with E-state index in [2.05, 4.69) is 20.8 Å². The van der Waals surface area contributed by atoms with E-state index in [1.54, 1.807) is 13.3 Å². The van der Waals surface area contributed by atoms with Crippen molar-refractivity contribution in [3.8, 4) is 5.75 Å². The predicted molar refractivity (Wildman–Crippen MR) is 141 cm³/mol. The molecule has 3 aromatic carbocycles. The first kappa shape index (κ1) is 24.1. The Morgan fingerprint density at radius 3 is 2.46 bits per heavy atom. The zero-order valence-corrected chi connectivity index (χ0v) is 20.7. The fourth-order valence-electron chi connectivity index (χ4n) is 4.24. The molecule has 3 amide bonds. The second-order valence-corrected chi connectivity index (χ2v) is 9.04. The molecule has 0 spiro atoms. The summed E-state index contributed by atoms with van der Waals surface area (Å²) >= 11 is 0. The molecule has 9 nitrogen and oxygen atoms in total. The fraction of sp³-hybridized carbons (Fsp3) is 0.214. The third kappa shape index (κ3) is 5.45. The first-order chi connectivity index (χ1) is 18.0. The quantitative estimate of drug-likeness (QED) is 0.387. The van der Waals surface area contributed by atoms with E-state index in [1.807, 2.05) is 90.7 Å². The number of hydrazone groups is 1. The van der Waals surface area contributed by atoms with Crippen LogP contribution in [0.15, 0.2) is 89.0 Å². The average molecular weight is 497 g/mol. The maximum Gasteiger partial charge on any atom is 0.325 e. The number of nitrogens with one attached hydrogen (secondary N) is 2. The first-order valence-electron chi connectivity index (χ1n) is 12.0. The molecule has 0 bridgehead atoms. The Hall–Kier alpha value is -4.66. The van der Waals surface area contributed by atoms with Gasteiger partial charge in [-0.05, 0) is 47.9 Å². The van der Waals surface area contributed by atoms with Gasteiger partial charge < -0.3 is 14.5 Å². The van der Waals surface area contributed by atoms with Gasteiger partial charge >= 0.3 is 6.03 Å². The Morgan fingerprint density at radius 1 is 1.00 bits per heavy atom. The zero-order valence-electron chi connectivity index (χ0n) is 20.7. The van der Waals surface area contributed by atoms with Gasteiger partial charge in [0, 0.05) is 13.6 Å². The average Bonchev–Trinajstić information content (AvgIpc) is 3.27. The number of hydrogen-bond donors (Lipinski definition) is 2. The van der Waals surface area contributed by atoms with Crippen molar-refractivity contribution in [2.45, 2.75) is 32.3 Å². The number of imide groups is 1. The summed E-state index contributed by atoms with van der Waals surface area (Å²) in [6, 6.07) is 24.5. The molecular formula is C28H28N6O3. The van der Waals surface area contributed by atoms with Crippen LogP contribution in [0.5, 0.6) is 5.75 Å². The van der Waals surface area contributed by atoms with Crippen LogP contribution in [0.25, 0.3) is 0 Å². The van der Waals surface area contributed by atoms with Crippen LogP contribution in [0, 0.1) is 6.92 Å². The second-order valence-electron chi connectivity index (χ2n) is 9.04. The Kier molecular flexibility index (Phi) is 6.85. The molecular weight excluding hydrogens is 468 g/mol. The topological polar surface area (TPSA) is 98.6 Å². The molecule has 3 aromatic rings. The normalized spacial score (nSPS) is 19.0. The van der Waals surface area contributed by atoms with Gasteiger partial charge in [0.2, 0.25) is 5.96 Å². The SMILES string of the molecule is Cc1ccc(CN2C(N/N=C/c3ccc(OCc4ccccc4)cc3)=NC3C2C(=O)NC(=O)N3C)cc1. The molecule has 0 saturated carbocycles. The molecule has 1 saturated heterocycles. The van der Waals surface area contributed by atoms with E-state index in [0.29, 0.717) is 19.1 Å². The number of hydrogen-bond acceptors (Lipinski definition) is 7. The summed E-state index contributed by atoms with van der Waals surface area (Å²) in [5.74, 6) is 0.809. The summed E-state index contributed by atoms with van der Waals surface area (Å²) in [5, 5.41) is 6.77. The monoisotopic (exact) mass is 496 g/mol. The highest BCUT2D eigenvalue weighted by Crippen LogP contribution is 2.25. The zero-order chi connectivity index (χ0) is 25.8. The van der Waals surface area contributed by atoms with Crippen molar-refractivity contribution in [3.63, 3.8) is 0 Å². The van der Waals surface area contributed by atoms with E-state index in [0.717, 1.165) is 28.0 Å². The number of amides is 3.